The highest BCUT2D eigenvalue weighted by atomic mass is 35.5. The molecular formula is C23H25Cl2NO3. The molecule has 1 aliphatic carbocycles. The largest absolute Gasteiger partial charge is 0.489 e. The van der Waals surface area contributed by atoms with Crippen LogP contribution in [0, 0.1) is 0 Å². The Morgan fingerprint density at radius 2 is 1.69 bits per heavy atom. The van der Waals surface area contributed by atoms with E-state index in [1.54, 1.807) is 6.08 Å². The van der Waals surface area contributed by atoms with Gasteiger partial charge < -0.3 is 14.3 Å². The molecule has 0 unspecified atom stereocenters. The molecule has 2 aromatic carbocycles. The minimum Gasteiger partial charge on any atom is -0.489 e. The summed E-state index contributed by atoms with van der Waals surface area (Å²) in [6.07, 6.45) is 4.57. The molecule has 0 fully saturated rings. The van der Waals surface area contributed by atoms with Crippen molar-refractivity contribution in [3.8, 4) is 17.2 Å². The molecule has 0 amide bonds. The first-order chi connectivity index (χ1) is 13.8. The lowest BCUT2D eigenvalue weighted by molar-refractivity contribution is 0.000617. The van der Waals surface area contributed by atoms with Gasteiger partial charge in [0.1, 0.15) is 33.9 Å². The van der Waals surface area contributed by atoms with Gasteiger partial charge in [-0.3, -0.25) is 0 Å². The number of fused-ring (bicyclic) bond motifs is 1. The summed E-state index contributed by atoms with van der Waals surface area (Å²) in [4.78, 5) is 5.63. The van der Waals surface area contributed by atoms with Gasteiger partial charge in [-0.25, -0.2) is 0 Å². The third-order valence-corrected chi connectivity index (χ3v) is 4.53. The molecule has 0 atom stereocenters. The van der Waals surface area contributed by atoms with E-state index in [4.69, 9.17) is 37.5 Å². The SMILES string of the molecule is CC(C)(C)ON=C1CCCc2cc(Oc3ccc(OCC=C(Cl)Cl)cc3)ccc21. The molecule has 0 N–H and O–H groups in total. The summed E-state index contributed by atoms with van der Waals surface area (Å²) in [6, 6.07) is 13.5. The molecule has 0 bridgehead atoms. The van der Waals surface area contributed by atoms with Crippen molar-refractivity contribution in [2.45, 2.75) is 45.6 Å². The molecule has 0 aliphatic heterocycles. The van der Waals surface area contributed by atoms with Crippen LogP contribution in [0.4, 0.5) is 0 Å². The van der Waals surface area contributed by atoms with Gasteiger partial charge in [-0.05, 0) is 94.1 Å². The topological polar surface area (TPSA) is 40.0 Å². The van der Waals surface area contributed by atoms with Crippen LogP contribution in [-0.4, -0.2) is 17.9 Å². The van der Waals surface area contributed by atoms with Crippen molar-refractivity contribution in [3.05, 3.63) is 64.2 Å². The maximum atomic E-state index is 6.01. The number of hydrogen-bond donors (Lipinski definition) is 0. The fourth-order valence-corrected chi connectivity index (χ4v) is 3.06. The highest BCUT2D eigenvalue weighted by Gasteiger charge is 2.19. The molecule has 0 aromatic heterocycles. The lowest BCUT2D eigenvalue weighted by Crippen LogP contribution is -2.19. The van der Waals surface area contributed by atoms with E-state index < -0.39 is 0 Å². The van der Waals surface area contributed by atoms with Crippen molar-refractivity contribution in [1.82, 2.24) is 0 Å². The van der Waals surface area contributed by atoms with E-state index in [-0.39, 0.29) is 10.1 Å². The van der Waals surface area contributed by atoms with Crippen LogP contribution in [-0.2, 0) is 11.3 Å². The second-order valence-electron chi connectivity index (χ2n) is 7.79. The highest BCUT2D eigenvalue weighted by Crippen LogP contribution is 2.30. The third kappa shape index (κ3) is 6.69. The number of aryl methyl sites for hydroxylation is 1. The van der Waals surface area contributed by atoms with Crippen LogP contribution < -0.4 is 9.47 Å². The summed E-state index contributed by atoms with van der Waals surface area (Å²) in [6.45, 7) is 6.31. The third-order valence-electron chi connectivity index (χ3n) is 4.22. The van der Waals surface area contributed by atoms with Gasteiger partial charge in [-0.1, -0.05) is 28.4 Å². The van der Waals surface area contributed by atoms with Crippen LogP contribution in [0.25, 0.3) is 0 Å². The minimum absolute atomic E-state index is 0.190. The van der Waals surface area contributed by atoms with Crippen LogP contribution in [0.2, 0.25) is 0 Å². The summed E-state index contributed by atoms with van der Waals surface area (Å²) < 4.78 is 11.7. The number of nitrogens with zero attached hydrogens (tertiary/aromatic N) is 1. The minimum atomic E-state index is -0.296. The van der Waals surface area contributed by atoms with Crippen molar-refractivity contribution in [3.63, 3.8) is 0 Å². The molecule has 29 heavy (non-hydrogen) atoms. The van der Waals surface area contributed by atoms with E-state index in [1.165, 1.54) is 5.56 Å². The van der Waals surface area contributed by atoms with Crippen molar-refractivity contribution in [1.29, 1.82) is 0 Å². The summed E-state index contributed by atoms with van der Waals surface area (Å²) in [7, 11) is 0. The predicted octanol–water partition coefficient (Wildman–Crippen LogP) is 7.03. The van der Waals surface area contributed by atoms with Gasteiger partial charge in [-0.15, -0.1) is 0 Å². The Morgan fingerprint density at radius 1 is 1.00 bits per heavy atom. The fraction of sp³-hybridized carbons (Fsp3) is 0.348. The summed E-state index contributed by atoms with van der Waals surface area (Å²) in [5.74, 6) is 2.25. The standard InChI is InChI=1S/C23H25Cl2NO3/c1-23(2,3)29-26-21-6-4-5-16-15-19(11-12-20(16)21)28-18-9-7-17(8-10-18)27-14-13-22(24)25/h7-13,15H,4-6,14H2,1-3H3. The quantitative estimate of drug-likeness (QED) is 0.458. The van der Waals surface area contributed by atoms with Gasteiger partial charge in [-0.2, -0.15) is 0 Å². The molecule has 0 spiro atoms. The van der Waals surface area contributed by atoms with Crippen molar-refractivity contribution in [2.75, 3.05) is 6.61 Å². The lowest BCUT2D eigenvalue weighted by atomic mass is 9.90. The first kappa shape index (κ1) is 21.5. The van der Waals surface area contributed by atoms with E-state index in [2.05, 4.69) is 17.3 Å². The molecule has 0 radical (unpaired) electrons. The van der Waals surface area contributed by atoms with Crippen LogP contribution >= 0.6 is 23.2 Å². The fourth-order valence-electron chi connectivity index (χ4n) is 2.93. The summed E-state index contributed by atoms with van der Waals surface area (Å²) in [5, 5.41) is 4.40. The van der Waals surface area contributed by atoms with E-state index >= 15 is 0 Å². The number of halogens is 2. The molecule has 154 valence electrons. The predicted molar refractivity (Wildman–Crippen MR) is 119 cm³/mol. The second kappa shape index (κ2) is 9.55. The summed E-state index contributed by atoms with van der Waals surface area (Å²) in [5.41, 5.74) is 3.08. The van der Waals surface area contributed by atoms with Crippen molar-refractivity contribution in [2.24, 2.45) is 5.16 Å². The van der Waals surface area contributed by atoms with Crippen molar-refractivity contribution >= 4 is 28.9 Å². The lowest BCUT2D eigenvalue weighted by Gasteiger charge is -2.21. The van der Waals surface area contributed by atoms with E-state index in [0.29, 0.717) is 12.4 Å². The van der Waals surface area contributed by atoms with Crippen LogP contribution in [0.15, 0.2) is 58.2 Å². The molecule has 0 saturated carbocycles. The maximum Gasteiger partial charge on any atom is 0.129 e. The van der Waals surface area contributed by atoms with E-state index in [0.717, 1.165) is 42.0 Å². The normalized spacial score (nSPS) is 14.9. The Kier molecular flexibility index (Phi) is 7.09. The maximum absolute atomic E-state index is 6.01. The zero-order valence-electron chi connectivity index (χ0n) is 16.9. The van der Waals surface area contributed by atoms with Gasteiger partial charge in [0.05, 0.1) is 5.71 Å². The van der Waals surface area contributed by atoms with Gasteiger partial charge in [0, 0.05) is 5.56 Å². The molecular weight excluding hydrogens is 409 g/mol. The van der Waals surface area contributed by atoms with Gasteiger partial charge >= 0.3 is 0 Å². The average molecular weight is 434 g/mol. The molecule has 3 rings (SSSR count). The van der Waals surface area contributed by atoms with Gasteiger partial charge in [0.25, 0.3) is 0 Å². The number of hydrogen-bond acceptors (Lipinski definition) is 4. The molecule has 2 aromatic rings. The zero-order chi connectivity index (χ0) is 20.9. The number of benzene rings is 2. The Morgan fingerprint density at radius 3 is 2.38 bits per heavy atom. The molecule has 6 heteroatoms. The second-order valence-corrected chi connectivity index (χ2v) is 8.80. The first-order valence-corrected chi connectivity index (χ1v) is 10.4. The molecule has 0 saturated heterocycles. The Balaban J connectivity index is 1.68. The van der Waals surface area contributed by atoms with Crippen LogP contribution in [0.3, 0.4) is 0 Å². The number of rotatable bonds is 6. The Bertz CT molecular complexity index is 895. The molecule has 0 heterocycles. The van der Waals surface area contributed by atoms with Gasteiger partial charge in [0.15, 0.2) is 0 Å². The van der Waals surface area contributed by atoms with E-state index in [1.807, 2.05) is 51.1 Å². The first-order valence-electron chi connectivity index (χ1n) is 9.60. The monoisotopic (exact) mass is 433 g/mol. The number of oxime groups is 1. The Labute approximate surface area is 182 Å². The molecule has 1 aliphatic rings. The highest BCUT2D eigenvalue weighted by molar-refractivity contribution is 6.55. The van der Waals surface area contributed by atoms with Crippen molar-refractivity contribution < 1.29 is 14.3 Å². The number of ether oxygens (including phenoxy) is 2. The van der Waals surface area contributed by atoms with Crippen LogP contribution in [0.1, 0.15) is 44.7 Å². The average Bonchev–Trinajstić information content (AvgIpc) is 2.66. The van der Waals surface area contributed by atoms with Gasteiger partial charge in [0.2, 0.25) is 0 Å². The van der Waals surface area contributed by atoms with Crippen LogP contribution in [0.5, 0.6) is 17.2 Å². The smallest absolute Gasteiger partial charge is 0.129 e. The summed E-state index contributed by atoms with van der Waals surface area (Å²) >= 11 is 11.1. The molecule has 4 nitrogen and oxygen atoms in total. The van der Waals surface area contributed by atoms with E-state index in [9.17, 15) is 0 Å². The Hall–Kier alpha value is -2.17. The zero-order valence-corrected chi connectivity index (χ0v) is 18.4.